The molecule has 5 nitrogen and oxygen atoms in total. The van der Waals surface area contributed by atoms with Gasteiger partial charge >= 0.3 is 5.97 Å². The average molecular weight is 458 g/mol. The van der Waals surface area contributed by atoms with Crippen molar-refractivity contribution in [3.8, 4) is 0 Å². The molecule has 33 heavy (non-hydrogen) atoms. The number of carbonyl (C=O) groups is 1. The normalized spacial score (nSPS) is 41.4. The third kappa shape index (κ3) is 3.67. The summed E-state index contributed by atoms with van der Waals surface area (Å²) in [6, 6.07) is 1.47. The van der Waals surface area contributed by atoms with Gasteiger partial charge in [-0.05, 0) is 90.4 Å². The lowest BCUT2D eigenvalue weighted by Gasteiger charge is -2.49. The van der Waals surface area contributed by atoms with Crippen molar-refractivity contribution < 1.29 is 9.53 Å². The van der Waals surface area contributed by atoms with Gasteiger partial charge in [-0.25, -0.2) is 0 Å². The molecule has 2 saturated heterocycles. The first kappa shape index (κ1) is 23.7. The Labute approximate surface area is 201 Å². The molecule has 3 heterocycles. The van der Waals surface area contributed by atoms with Crippen molar-refractivity contribution in [3.05, 3.63) is 11.3 Å². The maximum atomic E-state index is 13.4. The van der Waals surface area contributed by atoms with E-state index in [2.05, 4.69) is 42.8 Å². The summed E-state index contributed by atoms with van der Waals surface area (Å²) in [5.74, 6) is 1.13. The Kier molecular flexibility index (Phi) is 6.83. The molecule has 0 bridgehead atoms. The van der Waals surface area contributed by atoms with Gasteiger partial charge in [-0.3, -0.25) is 4.79 Å². The van der Waals surface area contributed by atoms with Crippen LogP contribution in [0.4, 0.5) is 0 Å². The van der Waals surface area contributed by atoms with E-state index in [9.17, 15) is 4.79 Å². The van der Waals surface area contributed by atoms with Gasteiger partial charge in [0.2, 0.25) is 0 Å². The van der Waals surface area contributed by atoms with Gasteiger partial charge in [0.05, 0.1) is 12.0 Å². The van der Waals surface area contributed by atoms with Crippen LogP contribution in [0.5, 0.6) is 0 Å². The van der Waals surface area contributed by atoms with Crippen LogP contribution >= 0.6 is 0 Å². The molecular weight excluding hydrogens is 410 g/mol. The number of ether oxygens (including phenoxy) is 1. The maximum Gasteiger partial charge on any atom is 0.311 e. The number of rotatable bonds is 6. The fourth-order valence-electron chi connectivity index (χ4n) is 8.83. The largest absolute Gasteiger partial charge is 0.452 e. The molecule has 0 radical (unpaired) electrons. The minimum absolute atomic E-state index is 0.0391. The van der Waals surface area contributed by atoms with Crippen molar-refractivity contribution in [2.45, 2.75) is 116 Å². The minimum atomic E-state index is -0.426. The molecule has 1 N–H and O–H groups in total. The molecule has 0 aromatic heterocycles. The van der Waals surface area contributed by atoms with E-state index < -0.39 is 5.60 Å². The van der Waals surface area contributed by atoms with Crippen LogP contribution in [0.1, 0.15) is 91.9 Å². The summed E-state index contributed by atoms with van der Waals surface area (Å²) in [5, 5.41) is 3.87. The van der Waals surface area contributed by atoms with Gasteiger partial charge in [-0.1, -0.05) is 26.7 Å². The standard InChI is InChI=1S/C28H47N3O2/c1-5-30(6-2)21-16-14-20(15-17-21)28(26-23(27(32)33-28)12-10-18-29-26)25-19(4)31(7-3)24-13-9-8-11-22(24)25/h20-24,26,29H,5-18H2,1-4H3. The molecule has 0 aromatic carbocycles. The molecule has 186 valence electrons. The van der Waals surface area contributed by atoms with Gasteiger partial charge in [0.15, 0.2) is 5.60 Å². The van der Waals surface area contributed by atoms with E-state index in [0.29, 0.717) is 23.9 Å². The lowest BCUT2D eigenvalue weighted by atomic mass is 9.62. The summed E-state index contributed by atoms with van der Waals surface area (Å²) < 4.78 is 6.78. The Morgan fingerprint density at radius 2 is 1.67 bits per heavy atom. The van der Waals surface area contributed by atoms with E-state index in [1.54, 1.807) is 0 Å². The van der Waals surface area contributed by atoms with Crippen molar-refractivity contribution in [1.82, 2.24) is 15.1 Å². The van der Waals surface area contributed by atoms with E-state index in [1.807, 2.05) is 0 Å². The molecule has 0 aromatic rings. The SMILES string of the molecule is CCN(CC)C1CCC(C2(C3=C(C)N(CC)C4CCCCC34)OC(=O)C3CCCNC32)CC1. The van der Waals surface area contributed by atoms with Gasteiger partial charge in [0, 0.05) is 36.2 Å². The van der Waals surface area contributed by atoms with Crippen molar-refractivity contribution in [2.24, 2.45) is 17.8 Å². The Morgan fingerprint density at radius 1 is 0.970 bits per heavy atom. The number of hydrogen-bond donors (Lipinski definition) is 1. The zero-order valence-electron chi connectivity index (χ0n) is 21.6. The number of allylic oxidation sites excluding steroid dienone is 1. The Bertz CT molecular complexity index is 754. The highest BCUT2D eigenvalue weighted by atomic mass is 16.6. The van der Waals surface area contributed by atoms with Crippen molar-refractivity contribution >= 4 is 5.97 Å². The number of hydrogen-bond acceptors (Lipinski definition) is 5. The number of nitrogens with one attached hydrogen (secondary N) is 1. The van der Waals surface area contributed by atoms with Crippen LogP contribution in [0, 0.1) is 17.8 Å². The number of fused-ring (bicyclic) bond motifs is 2. The van der Waals surface area contributed by atoms with E-state index in [0.717, 1.165) is 39.0 Å². The highest BCUT2D eigenvalue weighted by molar-refractivity contribution is 5.78. The summed E-state index contributed by atoms with van der Waals surface area (Å²) in [6.07, 6.45) is 12.1. The number of carbonyl (C=O) groups excluding carboxylic acids is 1. The molecule has 2 saturated carbocycles. The molecule has 4 fully saturated rings. The highest BCUT2D eigenvalue weighted by Gasteiger charge is 2.65. The molecule has 0 spiro atoms. The van der Waals surface area contributed by atoms with Crippen LogP contribution in [0.3, 0.4) is 0 Å². The summed E-state index contributed by atoms with van der Waals surface area (Å²) in [5.41, 5.74) is 2.56. The summed E-state index contributed by atoms with van der Waals surface area (Å²) in [7, 11) is 0. The van der Waals surface area contributed by atoms with Gasteiger partial charge in [-0.15, -0.1) is 0 Å². The van der Waals surface area contributed by atoms with Crippen LogP contribution in [-0.4, -0.2) is 65.7 Å². The number of cyclic esters (lactones) is 1. The van der Waals surface area contributed by atoms with Crippen LogP contribution in [0.2, 0.25) is 0 Å². The number of piperidine rings is 1. The van der Waals surface area contributed by atoms with Crippen LogP contribution in [0.25, 0.3) is 0 Å². The molecule has 5 atom stereocenters. The van der Waals surface area contributed by atoms with Gasteiger partial charge in [0.1, 0.15) is 0 Å². The summed E-state index contributed by atoms with van der Waals surface area (Å²) in [4.78, 5) is 18.7. The van der Waals surface area contributed by atoms with Crippen LogP contribution in [0.15, 0.2) is 11.3 Å². The summed E-state index contributed by atoms with van der Waals surface area (Å²) in [6.45, 7) is 13.6. The second-order valence-electron chi connectivity index (χ2n) is 11.4. The fourth-order valence-corrected chi connectivity index (χ4v) is 8.83. The van der Waals surface area contributed by atoms with Gasteiger partial charge in [-0.2, -0.15) is 0 Å². The molecular formula is C28H47N3O2. The van der Waals surface area contributed by atoms with Crippen LogP contribution < -0.4 is 5.32 Å². The third-order valence-corrected chi connectivity index (χ3v) is 10.2. The summed E-state index contributed by atoms with van der Waals surface area (Å²) >= 11 is 0. The second kappa shape index (κ2) is 9.53. The van der Waals surface area contributed by atoms with Crippen molar-refractivity contribution in [1.29, 1.82) is 0 Å². The van der Waals surface area contributed by atoms with Gasteiger partial charge in [0.25, 0.3) is 0 Å². The van der Waals surface area contributed by atoms with E-state index >= 15 is 0 Å². The second-order valence-corrected chi connectivity index (χ2v) is 11.4. The van der Waals surface area contributed by atoms with E-state index in [1.165, 1.54) is 62.6 Å². The molecule has 5 rings (SSSR count). The quantitative estimate of drug-likeness (QED) is 0.585. The first-order chi connectivity index (χ1) is 16.1. The Balaban J connectivity index is 1.54. The van der Waals surface area contributed by atoms with Crippen molar-refractivity contribution in [3.63, 3.8) is 0 Å². The first-order valence-electron chi connectivity index (χ1n) is 14.2. The topological polar surface area (TPSA) is 44.8 Å². The molecule has 0 amide bonds. The minimum Gasteiger partial charge on any atom is -0.452 e. The maximum absolute atomic E-state index is 13.4. The zero-order chi connectivity index (χ0) is 23.2. The van der Waals surface area contributed by atoms with Crippen molar-refractivity contribution in [2.75, 3.05) is 26.2 Å². The smallest absolute Gasteiger partial charge is 0.311 e. The van der Waals surface area contributed by atoms with Gasteiger partial charge < -0.3 is 19.9 Å². The lowest BCUT2D eigenvalue weighted by molar-refractivity contribution is -0.153. The highest BCUT2D eigenvalue weighted by Crippen LogP contribution is 2.57. The van der Waals surface area contributed by atoms with Crippen LogP contribution in [-0.2, 0) is 9.53 Å². The molecule has 5 aliphatic rings. The Hall–Kier alpha value is -1.07. The number of nitrogens with zero attached hydrogens (tertiary/aromatic N) is 2. The average Bonchev–Trinajstić information content (AvgIpc) is 3.31. The fraction of sp³-hybridized carbons (Fsp3) is 0.893. The zero-order valence-corrected chi connectivity index (χ0v) is 21.6. The predicted molar refractivity (Wildman–Crippen MR) is 133 cm³/mol. The molecule has 3 aliphatic heterocycles. The Morgan fingerprint density at radius 3 is 2.36 bits per heavy atom. The lowest BCUT2D eigenvalue weighted by Crippen LogP contribution is -2.60. The first-order valence-corrected chi connectivity index (χ1v) is 14.2. The monoisotopic (exact) mass is 457 g/mol. The molecule has 2 aliphatic carbocycles. The predicted octanol–water partition coefficient (Wildman–Crippen LogP) is 4.72. The van der Waals surface area contributed by atoms with E-state index in [4.69, 9.17) is 4.74 Å². The number of esters is 1. The molecule has 5 heteroatoms. The third-order valence-electron chi connectivity index (χ3n) is 10.2. The molecule has 5 unspecified atom stereocenters. The van der Waals surface area contributed by atoms with E-state index in [-0.39, 0.29) is 17.9 Å².